The molecule has 11 aromatic rings. The van der Waals surface area contributed by atoms with Gasteiger partial charge in [-0.05, 0) is 138 Å². The number of hydrogen-bond donors (Lipinski definition) is 1. The predicted molar refractivity (Wildman–Crippen MR) is 309 cm³/mol. The Morgan fingerprint density at radius 3 is 1.21 bits per heavy atom. The molecule has 2 heteroatoms. The fourth-order valence-corrected chi connectivity index (χ4v) is 11.1. The average Bonchev–Trinajstić information content (AvgIpc) is 3.48. The predicted octanol–water partition coefficient (Wildman–Crippen LogP) is 19.1. The number of nitrogens with one attached hydrogen (secondary N) is 1. The maximum Gasteiger partial charge on any atom is 0.0550 e. The third-order valence-corrected chi connectivity index (χ3v) is 14.9. The quantitative estimate of drug-likeness (QED) is 0.131. The van der Waals surface area contributed by atoms with Crippen LogP contribution in [0, 0.1) is 5.92 Å². The van der Waals surface area contributed by atoms with E-state index in [0.29, 0.717) is 5.92 Å². The Labute approximate surface area is 430 Å². The largest absolute Gasteiger partial charge is 0.378 e. The van der Waals surface area contributed by atoms with Gasteiger partial charge in [0.1, 0.15) is 0 Å². The third kappa shape index (κ3) is 9.40. The zero-order valence-electron chi connectivity index (χ0n) is 41.0. The van der Waals surface area contributed by atoms with Crippen LogP contribution in [0.3, 0.4) is 0 Å². The van der Waals surface area contributed by atoms with Crippen LogP contribution in [0.5, 0.6) is 0 Å². The van der Waals surface area contributed by atoms with E-state index in [4.69, 9.17) is 0 Å². The second-order valence-corrected chi connectivity index (χ2v) is 19.2. The topological polar surface area (TPSA) is 15.3 Å². The van der Waals surface area contributed by atoms with Crippen molar-refractivity contribution >= 4 is 33.5 Å². The molecule has 12 rings (SSSR count). The number of fused-ring (bicyclic) bond motifs is 1. The lowest BCUT2D eigenvalue weighted by Crippen LogP contribution is -2.35. The van der Waals surface area contributed by atoms with Crippen LogP contribution >= 0.6 is 0 Å². The van der Waals surface area contributed by atoms with Crippen molar-refractivity contribution < 1.29 is 0 Å². The molecule has 0 bridgehead atoms. The van der Waals surface area contributed by atoms with Crippen LogP contribution < -0.4 is 10.2 Å². The molecule has 0 aromatic heterocycles. The molecule has 0 saturated heterocycles. The average molecular weight is 937 g/mol. The molecule has 1 aliphatic rings. The summed E-state index contributed by atoms with van der Waals surface area (Å²) in [5.74, 6) is 0.635. The number of allylic oxidation sites excluding steroid dienone is 1. The number of benzene rings is 11. The lowest BCUT2D eigenvalue weighted by molar-refractivity contribution is 0.339. The Morgan fingerprint density at radius 1 is 0.342 bits per heavy atom. The molecule has 0 radical (unpaired) electrons. The van der Waals surface area contributed by atoms with Gasteiger partial charge in [0.25, 0.3) is 0 Å². The van der Waals surface area contributed by atoms with Crippen LogP contribution in [0.1, 0.15) is 42.0 Å². The van der Waals surface area contributed by atoms with E-state index in [1.165, 1.54) is 88.8 Å². The molecule has 11 aromatic carbocycles. The maximum absolute atomic E-state index is 4.04. The van der Waals surface area contributed by atoms with Crippen molar-refractivity contribution in [3.8, 4) is 55.6 Å². The van der Waals surface area contributed by atoms with E-state index in [2.05, 4.69) is 302 Å². The van der Waals surface area contributed by atoms with Crippen LogP contribution in [0.15, 0.2) is 285 Å². The zero-order chi connectivity index (χ0) is 48.9. The maximum atomic E-state index is 4.04. The second kappa shape index (κ2) is 20.4. The fraction of sp³-hybridized carbons (Fsp3) is 0.0704. The van der Waals surface area contributed by atoms with Crippen molar-refractivity contribution in [1.82, 2.24) is 5.32 Å². The van der Waals surface area contributed by atoms with Gasteiger partial charge in [-0.3, -0.25) is 0 Å². The normalized spacial score (nSPS) is 15.3. The summed E-state index contributed by atoms with van der Waals surface area (Å²) in [6, 6.07) is 102. The van der Waals surface area contributed by atoms with E-state index >= 15 is 0 Å². The second-order valence-electron chi connectivity index (χ2n) is 19.2. The van der Waals surface area contributed by atoms with E-state index in [0.717, 1.165) is 23.5 Å². The third-order valence-electron chi connectivity index (χ3n) is 14.9. The van der Waals surface area contributed by atoms with Crippen LogP contribution in [0.4, 0.5) is 17.1 Å². The number of hydrogen-bond acceptors (Lipinski definition) is 2. The van der Waals surface area contributed by atoms with Gasteiger partial charge < -0.3 is 10.2 Å². The molecule has 1 N–H and O–H groups in total. The molecule has 1 aliphatic heterocycles. The van der Waals surface area contributed by atoms with Crippen molar-refractivity contribution in [3.05, 3.63) is 302 Å². The molecule has 3 atom stereocenters. The summed E-state index contributed by atoms with van der Waals surface area (Å²) in [7, 11) is 0. The summed E-state index contributed by atoms with van der Waals surface area (Å²) in [5, 5.41) is 6.66. The summed E-state index contributed by atoms with van der Waals surface area (Å²) in [6.45, 7) is 2.34. The summed E-state index contributed by atoms with van der Waals surface area (Å²) in [4.78, 5) is 2.36. The fourth-order valence-electron chi connectivity index (χ4n) is 11.1. The summed E-state index contributed by atoms with van der Waals surface area (Å²) in [5.41, 5.74) is 20.3. The molecule has 1 heterocycles. The van der Waals surface area contributed by atoms with Crippen LogP contribution in [-0.4, -0.2) is 0 Å². The molecule has 0 spiro atoms. The van der Waals surface area contributed by atoms with Gasteiger partial charge in [0.2, 0.25) is 0 Å². The van der Waals surface area contributed by atoms with Crippen molar-refractivity contribution in [2.45, 2.75) is 25.3 Å². The molecule has 2 nitrogen and oxygen atoms in total. The molecule has 0 saturated carbocycles. The summed E-state index contributed by atoms with van der Waals surface area (Å²) < 4.78 is 0. The summed E-state index contributed by atoms with van der Waals surface area (Å²) in [6.07, 6.45) is 3.55. The van der Waals surface area contributed by atoms with E-state index < -0.39 is 0 Å². The van der Waals surface area contributed by atoms with Gasteiger partial charge in [-0.1, -0.05) is 250 Å². The highest BCUT2D eigenvalue weighted by Gasteiger charge is 2.35. The van der Waals surface area contributed by atoms with Gasteiger partial charge in [0.15, 0.2) is 0 Å². The first kappa shape index (κ1) is 45.2. The standard InChI is InChI=1S/C71H56N2/c1-2-66-69(68-30-16-24-56-21-12-13-29-67(56)68)49-70(72-71(66)58-22-10-5-11-23-58)57-33-31-52(32-34-57)53-35-41-63(42-36-53)73(64-43-37-54(38-44-64)61-27-14-25-59(47-61)50-17-6-3-7-18-50)65-45-39-55(40-46-65)62-28-15-26-60(48-62)51-19-8-4-9-20-51/h3-49,66,69,71-72H,2H2,1H3. The Hall–Kier alpha value is -8.98. The van der Waals surface area contributed by atoms with Gasteiger partial charge in [-0.15, -0.1) is 0 Å². The molecule has 73 heavy (non-hydrogen) atoms. The first-order chi connectivity index (χ1) is 36.1. The van der Waals surface area contributed by atoms with Crippen LogP contribution in [-0.2, 0) is 0 Å². The Balaban J connectivity index is 0.862. The molecule has 350 valence electrons. The first-order valence-corrected chi connectivity index (χ1v) is 25.7. The van der Waals surface area contributed by atoms with Crippen molar-refractivity contribution in [2.75, 3.05) is 4.90 Å². The molecular formula is C71H56N2. The van der Waals surface area contributed by atoms with Crippen molar-refractivity contribution in [2.24, 2.45) is 5.92 Å². The van der Waals surface area contributed by atoms with Gasteiger partial charge in [0.05, 0.1) is 6.04 Å². The Morgan fingerprint density at radius 2 is 0.712 bits per heavy atom. The minimum Gasteiger partial charge on any atom is -0.378 e. The highest BCUT2D eigenvalue weighted by molar-refractivity contribution is 5.87. The molecule has 0 fully saturated rings. The Kier molecular flexibility index (Phi) is 12.6. The van der Waals surface area contributed by atoms with E-state index in [9.17, 15) is 0 Å². The summed E-state index contributed by atoms with van der Waals surface area (Å²) >= 11 is 0. The molecular weight excluding hydrogens is 881 g/mol. The molecule has 0 amide bonds. The SMILES string of the molecule is CCC1C(c2cccc3ccccc23)C=C(c2ccc(-c3ccc(N(c4ccc(-c5cccc(-c6ccccc6)c5)cc4)c4ccc(-c5cccc(-c6ccccc6)c5)cc4)cc3)cc2)NC1c1ccccc1. The lowest BCUT2D eigenvalue weighted by Gasteiger charge is -2.39. The van der Waals surface area contributed by atoms with Crippen LogP contribution in [0.25, 0.3) is 72.1 Å². The number of anilines is 3. The smallest absolute Gasteiger partial charge is 0.0550 e. The minimum atomic E-state index is 0.175. The van der Waals surface area contributed by atoms with Crippen molar-refractivity contribution in [3.63, 3.8) is 0 Å². The zero-order valence-corrected chi connectivity index (χ0v) is 41.0. The number of rotatable bonds is 12. The van der Waals surface area contributed by atoms with Crippen LogP contribution in [0.2, 0.25) is 0 Å². The molecule has 0 aliphatic carbocycles. The van der Waals surface area contributed by atoms with E-state index in [1.54, 1.807) is 0 Å². The highest BCUT2D eigenvalue weighted by atomic mass is 15.1. The first-order valence-electron chi connectivity index (χ1n) is 25.7. The van der Waals surface area contributed by atoms with Gasteiger partial charge in [-0.25, -0.2) is 0 Å². The van der Waals surface area contributed by atoms with E-state index in [1.807, 2.05) is 0 Å². The number of nitrogens with zero attached hydrogens (tertiary/aromatic N) is 1. The van der Waals surface area contributed by atoms with Crippen molar-refractivity contribution in [1.29, 1.82) is 0 Å². The lowest BCUT2D eigenvalue weighted by atomic mass is 9.73. The van der Waals surface area contributed by atoms with Gasteiger partial charge >= 0.3 is 0 Å². The van der Waals surface area contributed by atoms with Gasteiger partial charge in [-0.2, -0.15) is 0 Å². The molecule has 3 unspecified atom stereocenters. The van der Waals surface area contributed by atoms with E-state index in [-0.39, 0.29) is 12.0 Å². The minimum absolute atomic E-state index is 0.175. The highest BCUT2D eigenvalue weighted by Crippen LogP contribution is 2.46. The van der Waals surface area contributed by atoms with Gasteiger partial charge in [0, 0.05) is 28.7 Å². The Bertz CT molecular complexity index is 3520. The monoisotopic (exact) mass is 936 g/mol.